The molecule has 1 aromatic carbocycles. The summed E-state index contributed by atoms with van der Waals surface area (Å²) >= 11 is 0. The number of hydrogen-bond acceptors (Lipinski definition) is 4. The molecular formula is C14H19N3O3. The van der Waals surface area contributed by atoms with Gasteiger partial charge in [0, 0.05) is 17.8 Å². The average molecular weight is 277 g/mol. The van der Waals surface area contributed by atoms with E-state index in [-0.39, 0.29) is 24.9 Å². The van der Waals surface area contributed by atoms with Crippen LogP contribution in [-0.4, -0.2) is 38.1 Å². The third-order valence-electron chi connectivity index (χ3n) is 2.87. The molecule has 6 heteroatoms. The summed E-state index contributed by atoms with van der Waals surface area (Å²) in [6.07, 6.45) is 2.12. The van der Waals surface area contributed by atoms with Crippen molar-refractivity contribution in [1.82, 2.24) is 10.6 Å². The average Bonchev–Trinajstić information content (AvgIpc) is 3.22. The molecule has 1 aromatic rings. The van der Waals surface area contributed by atoms with Crippen LogP contribution in [0, 0.1) is 0 Å². The fourth-order valence-electron chi connectivity index (χ4n) is 1.70. The van der Waals surface area contributed by atoms with E-state index < -0.39 is 0 Å². The molecule has 0 saturated heterocycles. The van der Waals surface area contributed by atoms with Crippen molar-refractivity contribution in [3.05, 3.63) is 24.3 Å². The highest BCUT2D eigenvalue weighted by Crippen LogP contribution is 2.18. The minimum Gasteiger partial charge on any atom is -0.497 e. The van der Waals surface area contributed by atoms with E-state index in [2.05, 4.69) is 16.0 Å². The number of amides is 2. The Hall–Kier alpha value is -2.08. The number of methoxy groups -OCH3 is 1. The largest absolute Gasteiger partial charge is 0.497 e. The van der Waals surface area contributed by atoms with Gasteiger partial charge in [-0.05, 0) is 25.0 Å². The first-order chi connectivity index (χ1) is 9.67. The molecular weight excluding hydrogens is 258 g/mol. The maximum absolute atomic E-state index is 11.7. The van der Waals surface area contributed by atoms with Crippen molar-refractivity contribution in [2.45, 2.75) is 18.9 Å². The van der Waals surface area contributed by atoms with Gasteiger partial charge in [0.05, 0.1) is 20.2 Å². The lowest BCUT2D eigenvalue weighted by atomic mass is 10.3. The zero-order chi connectivity index (χ0) is 14.4. The van der Waals surface area contributed by atoms with E-state index in [4.69, 9.17) is 4.74 Å². The van der Waals surface area contributed by atoms with Crippen molar-refractivity contribution in [2.24, 2.45) is 0 Å². The second kappa shape index (κ2) is 6.91. The Labute approximate surface area is 117 Å². The van der Waals surface area contributed by atoms with Crippen molar-refractivity contribution in [3.63, 3.8) is 0 Å². The molecule has 1 fully saturated rings. The summed E-state index contributed by atoms with van der Waals surface area (Å²) in [5.74, 6) is 0.415. The van der Waals surface area contributed by atoms with E-state index in [9.17, 15) is 9.59 Å². The van der Waals surface area contributed by atoms with Crippen LogP contribution in [-0.2, 0) is 9.59 Å². The third kappa shape index (κ3) is 4.89. The van der Waals surface area contributed by atoms with Gasteiger partial charge in [0.2, 0.25) is 11.8 Å². The van der Waals surface area contributed by atoms with Crippen LogP contribution in [0.25, 0.3) is 0 Å². The molecule has 0 unspecified atom stereocenters. The minimum absolute atomic E-state index is 0.0679. The predicted molar refractivity (Wildman–Crippen MR) is 75.7 cm³/mol. The molecule has 0 aliphatic heterocycles. The molecule has 20 heavy (non-hydrogen) atoms. The van der Waals surface area contributed by atoms with Gasteiger partial charge >= 0.3 is 0 Å². The summed E-state index contributed by atoms with van der Waals surface area (Å²) in [5.41, 5.74) is 0.665. The summed E-state index contributed by atoms with van der Waals surface area (Å²) in [5, 5.41) is 8.38. The van der Waals surface area contributed by atoms with Crippen LogP contribution in [0.1, 0.15) is 12.8 Å². The van der Waals surface area contributed by atoms with Crippen molar-refractivity contribution < 1.29 is 14.3 Å². The molecule has 0 aromatic heterocycles. The summed E-state index contributed by atoms with van der Waals surface area (Å²) in [4.78, 5) is 23.1. The molecule has 108 valence electrons. The van der Waals surface area contributed by atoms with Crippen LogP contribution in [0.3, 0.4) is 0 Å². The number of benzene rings is 1. The second-order valence-corrected chi connectivity index (χ2v) is 4.73. The maximum Gasteiger partial charge on any atom is 0.238 e. The number of rotatable bonds is 7. The molecule has 0 heterocycles. The van der Waals surface area contributed by atoms with Crippen LogP contribution in [0.15, 0.2) is 24.3 Å². The standard InChI is InChI=1S/C14H19N3O3/c1-20-12-4-2-3-11(7-12)17-14(19)9-15-8-13(18)16-10-5-6-10/h2-4,7,10,15H,5-6,8-9H2,1H3,(H,16,18)(H,17,19). The number of ether oxygens (including phenoxy) is 1. The summed E-state index contributed by atoms with van der Waals surface area (Å²) in [7, 11) is 1.57. The lowest BCUT2D eigenvalue weighted by molar-refractivity contribution is -0.120. The van der Waals surface area contributed by atoms with E-state index in [1.807, 2.05) is 0 Å². The van der Waals surface area contributed by atoms with Crippen LogP contribution < -0.4 is 20.7 Å². The van der Waals surface area contributed by atoms with E-state index in [0.29, 0.717) is 17.5 Å². The first kappa shape index (κ1) is 14.3. The summed E-state index contributed by atoms with van der Waals surface area (Å²) in [6.45, 7) is 0.247. The number of anilines is 1. The topological polar surface area (TPSA) is 79.5 Å². The van der Waals surface area contributed by atoms with Gasteiger partial charge in [0.15, 0.2) is 0 Å². The van der Waals surface area contributed by atoms with Crippen molar-refractivity contribution in [2.75, 3.05) is 25.5 Å². The summed E-state index contributed by atoms with van der Waals surface area (Å²) in [6, 6.07) is 7.45. The van der Waals surface area contributed by atoms with Crippen molar-refractivity contribution >= 4 is 17.5 Å². The lowest BCUT2D eigenvalue weighted by Gasteiger charge is -2.08. The molecule has 2 rings (SSSR count). The van der Waals surface area contributed by atoms with Crippen LogP contribution in [0.4, 0.5) is 5.69 Å². The Bertz CT molecular complexity index is 486. The molecule has 1 aliphatic rings. The molecule has 6 nitrogen and oxygen atoms in total. The molecule has 1 aliphatic carbocycles. The Morgan fingerprint density at radius 3 is 2.70 bits per heavy atom. The first-order valence-corrected chi connectivity index (χ1v) is 6.61. The Kier molecular flexibility index (Phi) is 4.95. The van der Waals surface area contributed by atoms with E-state index >= 15 is 0 Å². The monoisotopic (exact) mass is 277 g/mol. The molecule has 0 spiro atoms. The van der Waals surface area contributed by atoms with Gasteiger partial charge < -0.3 is 15.4 Å². The molecule has 0 radical (unpaired) electrons. The predicted octanol–water partition coefficient (Wildman–Crippen LogP) is 0.502. The van der Waals surface area contributed by atoms with E-state index in [0.717, 1.165) is 12.8 Å². The quantitative estimate of drug-likeness (QED) is 0.678. The molecule has 2 amide bonds. The second-order valence-electron chi connectivity index (χ2n) is 4.73. The van der Waals surface area contributed by atoms with Gasteiger partial charge in [0.1, 0.15) is 5.75 Å². The Balaban J connectivity index is 1.67. The van der Waals surface area contributed by atoms with Gasteiger partial charge in [-0.25, -0.2) is 0 Å². The zero-order valence-electron chi connectivity index (χ0n) is 11.4. The lowest BCUT2D eigenvalue weighted by Crippen LogP contribution is -2.38. The number of carbonyl (C=O) groups excluding carboxylic acids is 2. The van der Waals surface area contributed by atoms with Crippen molar-refractivity contribution in [3.8, 4) is 5.75 Å². The first-order valence-electron chi connectivity index (χ1n) is 6.61. The summed E-state index contributed by atoms with van der Waals surface area (Å²) < 4.78 is 5.07. The molecule has 0 bridgehead atoms. The number of nitrogens with one attached hydrogen (secondary N) is 3. The zero-order valence-corrected chi connectivity index (χ0v) is 11.4. The molecule has 3 N–H and O–H groups in total. The highest BCUT2D eigenvalue weighted by Gasteiger charge is 2.22. The highest BCUT2D eigenvalue weighted by molar-refractivity contribution is 5.92. The number of hydrogen-bond donors (Lipinski definition) is 3. The molecule has 1 saturated carbocycles. The maximum atomic E-state index is 11.7. The van der Waals surface area contributed by atoms with Gasteiger partial charge in [-0.3, -0.25) is 14.9 Å². The minimum atomic E-state index is -0.197. The van der Waals surface area contributed by atoms with E-state index in [1.165, 1.54) is 0 Å². The van der Waals surface area contributed by atoms with Crippen LogP contribution >= 0.6 is 0 Å². The fourth-order valence-corrected chi connectivity index (χ4v) is 1.70. The normalized spacial score (nSPS) is 13.7. The number of carbonyl (C=O) groups is 2. The fraction of sp³-hybridized carbons (Fsp3) is 0.429. The Morgan fingerprint density at radius 1 is 1.25 bits per heavy atom. The third-order valence-corrected chi connectivity index (χ3v) is 2.87. The van der Waals surface area contributed by atoms with Crippen LogP contribution in [0.5, 0.6) is 5.75 Å². The van der Waals surface area contributed by atoms with Gasteiger partial charge in [0.25, 0.3) is 0 Å². The Morgan fingerprint density at radius 2 is 2.00 bits per heavy atom. The van der Waals surface area contributed by atoms with Crippen molar-refractivity contribution in [1.29, 1.82) is 0 Å². The highest BCUT2D eigenvalue weighted by atomic mass is 16.5. The SMILES string of the molecule is COc1cccc(NC(=O)CNCC(=O)NC2CC2)c1. The van der Waals surface area contributed by atoms with Gasteiger partial charge in [-0.1, -0.05) is 6.07 Å². The smallest absolute Gasteiger partial charge is 0.238 e. The molecule has 0 atom stereocenters. The van der Waals surface area contributed by atoms with E-state index in [1.54, 1.807) is 31.4 Å². The van der Waals surface area contributed by atoms with Gasteiger partial charge in [-0.2, -0.15) is 0 Å². The van der Waals surface area contributed by atoms with Crippen LogP contribution in [0.2, 0.25) is 0 Å². The van der Waals surface area contributed by atoms with Gasteiger partial charge in [-0.15, -0.1) is 0 Å².